The standard InChI is InChI=1S/C44H60ClN3O6/c1-25(2)36-28(49)22-44(31-21-34(50)48(47(31)10)33-14-11-26(45)24-46-33)20-19-42(8)27(37(36)44)12-13-30-41(7)17-16-32(54-35(51)23-39(3,4)38(52)53)40(5,6)29(41)15-18-43(30,42)9/h11,14,21,24-25,27,29-30,32H,12-13,15-20,22-23H2,1-10H3,(H,52,53). The first-order valence-corrected chi connectivity index (χ1v) is 20.5. The summed E-state index contributed by atoms with van der Waals surface area (Å²) in [7, 11) is 1.92. The molecular weight excluding hydrogens is 702 g/mol. The zero-order valence-electron chi connectivity index (χ0n) is 34.0. The Morgan fingerprint density at radius 2 is 1.69 bits per heavy atom. The number of fused-ring (bicyclic) bond motifs is 7. The summed E-state index contributed by atoms with van der Waals surface area (Å²) in [6, 6.07) is 5.26. The van der Waals surface area contributed by atoms with Crippen LogP contribution in [0.15, 0.2) is 40.3 Å². The normalized spacial score (nSPS) is 36.0. The molecule has 0 radical (unpaired) electrons. The SMILES string of the molecule is CC(C)C1=C2C3CCC4C5(C)CCC(OC(=O)CC(C)(C)C(=O)O)C(C)(C)C5CCC4(C)C3(C)CCC2(c2cc(=O)n(-c3ccc(Cl)cn3)n2C)CC1=O. The summed E-state index contributed by atoms with van der Waals surface area (Å²) in [5.74, 6) is 0.392. The molecule has 2 aromatic rings. The lowest BCUT2D eigenvalue weighted by molar-refractivity contribution is -0.232. The average molecular weight is 762 g/mol. The van der Waals surface area contributed by atoms with Gasteiger partial charge in [0.25, 0.3) is 5.56 Å². The van der Waals surface area contributed by atoms with Crippen molar-refractivity contribution in [1.82, 2.24) is 14.3 Å². The van der Waals surface area contributed by atoms with Gasteiger partial charge in [0.1, 0.15) is 6.10 Å². The number of halogens is 1. The average Bonchev–Trinajstić information content (AvgIpc) is 3.55. The molecule has 8 unspecified atom stereocenters. The maximum atomic E-state index is 14.3. The maximum absolute atomic E-state index is 14.3. The molecule has 5 aliphatic rings. The number of carbonyl (C=O) groups is 3. The summed E-state index contributed by atoms with van der Waals surface area (Å²) < 4.78 is 9.72. The molecule has 2 heterocycles. The van der Waals surface area contributed by atoms with E-state index < -0.39 is 22.8 Å². The van der Waals surface area contributed by atoms with E-state index in [9.17, 15) is 24.3 Å². The quantitative estimate of drug-likeness (QED) is 0.280. The first kappa shape index (κ1) is 39.1. The fourth-order valence-corrected chi connectivity index (χ4v) is 13.6. The third kappa shape index (κ3) is 5.39. The number of aliphatic carboxylic acids is 1. The number of hydrogen-bond acceptors (Lipinski definition) is 6. The molecule has 4 saturated carbocycles. The van der Waals surface area contributed by atoms with Gasteiger partial charge >= 0.3 is 11.9 Å². The minimum Gasteiger partial charge on any atom is -0.481 e. The minimum atomic E-state index is -1.18. The summed E-state index contributed by atoms with van der Waals surface area (Å²) in [6.07, 6.45) is 9.18. The second kappa shape index (κ2) is 12.7. The van der Waals surface area contributed by atoms with E-state index in [0.29, 0.717) is 29.1 Å². The molecular formula is C44H60ClN3O6. The Balaban J connectivity index is 1.24. The number of ketones is 1. The van der Waals surface area contributed by atoms with Crippen LogP contribution < -0.4 is 5.56 Å². The lowest BCUT2D eigenvalue weighted by atomic mass is 9.33. The molecule has 0 aromatic carbocycles. The topological polar surface area (TPSA) is 120 Å². The van der Waals surface area contributed by atoms with Crippen LogP contribution in [-0.2, 0) is 31.6 Å². The van der Waals surface area contributed by atoms with Gasteiger partial charge in [-0.1, -0.05) is 60.1 Å². The van der Waals surface area contributed by atoms with Gasteiger partial charge in [-0.2, -0.15) is 4.68 Å². The number of esters is 1. The van der Waals surface area contributed by atoms with Gasteiger partial charge in [0.2, 0.25) is 0 Å². The molecule has 5 aliphatic carbocycles. The Morgan fingerprint density at radius 1 is 0.981 bits per heavy atom. The van der Waals surface area contributed by atoms with Gasteiger partial charge in [0.15, 0.2) is 11.6 Å². The van der Waals surface area contributed by atoms with E-state index in [4.69, 9.17) is 16.3 Å². The van der Waals surface area contributed by atoms with Gasteiger partial charge < -0.3 is 9.84 Å². The summed E-state index contributed by atoms with van der Waals surface area (Å²) >= 11 is 6.15. The number of carboxylic acid groups (broad SMARTS) is 1. The first-order chi connectivity index (χ1) is 25.0. The molecule has 294 valence electrons. The van der Waals surface area contributed by atoms with Crippen LogP contribution in [0, 0.1) is 50.7 Å². The minimum absolute atomic E-state index is 0.0181. The Kier molecular flexibility index (Phi) is 9.15. The molecule has 10 heteroatoms. The van der Waals surface area contributed by atoms with Crippen LogP contribution in [0.5, 0.6) is 0 Å². The molecule has 0 spiro atoms. The lowest BCUT2D eigenvalue weighted by Gasteiger charge is -2.72. The molecule has 0 aliphatic heterocycles. The zero-order chi connectivity index (χ0) is 39.6. The highest BCUT2D eigenvalue weighted by Crippen LogP contribution is 2.76. The molecule has 0 amide bonds. The van der Waals surface area contributed by atoms with Crippen molar-refractivity contribution in [1.29, 1.82) is 0 Å². The van der Waals surface area contributed by atoms with Crippen LogP contribution in [-0.4, -0.2) is 43.3 Å². The predicted molar refractivity (Wildman–Crippen MR) is 208 cm³/mol. The summed E-state index contributed by atoms with van der Waals surface area (Å²) in [5, 5.41) is 10.1. The van der Waals surface area contributed by atoms with Crippen molar-refractivity contribution < 1.29 is 24.2 Å². The number of aromatic nitrogens is 3. The van der Waals surface area contributed by atoms with Crippen molar-refractivity contribution in [3.05, 3.63) is 56.6 Å². The van der Waals surface area contributed by atoms with Crippen LogP contribution in [0.2, 0.25) is 5.02 Å². The molecule has 54 heavy (non-hydrogen) atoms. The first-order valence-electron chi connectivity index (χ1n) is 20.2. The van der Waals surface area contributed by atoms with E-state index in [1.54, 1.807) is 42.9 Å². The van der Waals surface area contributed by atoms with Crippen LogP contribution in [0.25, 0.3) is 5.82 Å². The molecule has 1 N–H and O–H groups in total. The van der Waals surface area contributed by atoms with Crippen molar-refractivity contribution in [2.45, 2.75) is 138 Å². The largest absolute Gasteiger partial charge is 0.481 e. The third-order valence-corrected chi connectivity index (χ3v) is 16.6. The van der Waals surface area contributed by atoms with Gasteiger partial charge in [0, 0.05) is 36.6 Å². The lowest BCUT2D eigenvalue weighted by Crippen LogP contribution is -2.66. The number of allylic oxidation sites excluding steroid dienone is 2. The highest BCUT2D eigenvalue weighted by Gasteiger charge is 2.70. The zero-order valence-corrected chi connectivity index (χ0v) is 34.7. The Hall–Kier alpha value is -3.20. The molecule has 0 bridgehead atoms. The molecule has 9 nitrogen and oxygen atoms in total. The molecule has 2 aromatic heterocycles. The number of Topliss-reactive ketones (excluding diaryl/α,β-unsaturated/α-hetero) is 1. The number of rotatable bonds is 7. The van der Waals surface area contributed by atoms with E-state index in [1.807, 2.05) is 11.7 Å². The van der Waals surface area contributed by atoms with Crippen molar-refractivity contribution in [3.8, 4) is 5.82 Å². The number of carbonyl (C=O) groups excluding carboxylic acids is 2. The van der Waals surface area contributed by atoms with E-state index >= 15 is 0 Å². The highest BCUT2D eigenvalue weighted by atomic mass is 35.5. The van der Waals surface area contributed by atoms with E-state index in [0.717, 1.165) is 62.6 Å². The molecule has 0 saturated heterocycles. The summed E-state index contributed by atoms with van der Waals surface area (Å²) in [6.45, 7) is 19.6. The predicted octanol–water partition coefficient (Wildman–Crippen LogP) is 8.87. The number of hydrogen-bond donors (Lipinski definition) is 1. The monoisotopic (exact) mass is 761 g/mol. The van der Waals surface area contributed by atoms with E-state index in [1.165, 1.54) is 5.57 Å². The van der Waals surface area contributed by atoms with Crippen LogP contribution in [0.4, 0.5) is 0 Å². The second-order valence-corrected chi connectivity index (χ2v) is 20.5. The van der Waals surface area contributed by atoms with Gasteiger partial charge in [-0.05, 0) is 128 Å². The Bertz CT molecular complexity index is 1990. The van der Waals surface area contributed by atoms with E-state index in [-0.39, 0.29) is 57.4 Å². The van der Waals surface area contributed by atoms with E-state index in [2.05, 4.69) is 53.5 Å². The number of ether oxygens (including phenoxy) is 1. The fraction of sp³-hybridized carbons (Fsp3) is 0.705. The fourth-order valence-electron chi connectivity index (χ4n) is 13.5. The second-order valence-electron chi connectivity index (χ2n) is 20.0. The number of nitrogens with zero attached hydrogens (tertiary/aromatic N) is 3. The van der Waals surface area contributed by atoms with Gasteiger partial charge in [0.05, 0.1) is 22.6 Å². The van der Waals surface area contributed by atoms with Gasteiger partial charge in [-0.15, -0.1) is 0 Å². The molecule has 8 atom stereocenters. The Labute approximate surface area is 325 Å². The van der Waals surface area contributed by atoms with Crippen molar-refractivity contribution in [3.63, 3.8) is 0 Å². The van der Waals surface area contributed by atoms with Crippen LogP contribution in [0.1, 0.15) is 132 Å². The highest BCUT2D eigenvalue weighted by molar-refractivity contribution is 6.30. The molecule has 4 fully saturated rings. The van der Waals surface area contributed by atoms with Gasteiger partial charge in [-0.3, -0.25) is 23.9 Å². The van der Waals surface area contributed by atoms with Crippen LogP contribution in [0.3, 0.4) is 0 Å². The summed E-state index contributed by atoms with van der Waals surface area (Å²) in [5.41, 5.74) is 1.02. The smallest absolute Gasteiger partial charge is 0.309 e. The van der Waals surface area contributed by atoms with Gasteiger partial charge in [-0.25, -0.2) is 4.98 Å². The van der Waals surface area contributed by atoms with Crippen molar-refractivity contribution >= 4 is 29.3 Å². The third-order valence-electron chi connectivity index (χ3n) is 16.3. The maximum Gasteiger partial charge on any atom is 0.309 e. The van der Waals surface area contributed by atoms with Crippen molar-refractivity contribution in [2.24, 2.45) is 57.8 Å². The number of carboxylic acids is 1. The summed E-state index contributed by atoms with van der Waals surface area (Å²) in [4.78, 5) is 57.4. The van der Waals surface area contributed by atoms with Crippen LogP contribution >= 0.6 is 11.6 Å². The molecule has 7 rings (SSSR count). The van der Waals surface area contributed by atoms with Crippen molar-refractivity contribution in [2.75, 3.05) is 0 Å². The Morgan fingerprint density at radius 3 is 2.31 bits per heavy atom. The number of pyridine rings is 1.